The molecule has 2 rings (SSSR count). The zero-order valence-corrected chi connectivity index (χ0v) is 12.9. The summed E-state index contributed by atoms with van der Waals surface area (Å²) in [4.78, 5) is 23.6. The molecule has 120 valence electrons. The van der Waals surface area contributed by atoms with Gasteiger partial charge in [-0.3, -0.25) is 0 Å². The minimum Gasteiger partial charge on any atom is -0.480 e. The van der Waals surface area contributed by atoms with Crippen molar-refractivity contribution in [3.63, 3.8) is 0 Å². The van der Waals surface area contributed by atoms with Crippen molar-refractivity contribution in [2.75, 3.05) is 6.61 Å². The highest BCUT2D eigenvalue weighted by molar-refractivity contribution is 5.83. The van der Waals surface area contributed by atoms with Crippen LogP contribution >= 0.6 is 0 Å². The Labute approximate surface area is 125 Å². The molecule has 2 fully saturated rings. The Morgan fingerprint density at radius 1 is 1.29 bits per heavy atom. The Morgan fingerprint density at radius 3 is 2.48 bits per heavy atom. The van der Waals surface area contributed by atoms with E-state index in [9.17, 15) is 14.7 Å². The lowest BCUT2D eigenvalue weighted by molar-refractivity contribution is -0.141. The number of carboxylic acids is 1. The van der Waals surface area contributed by atoms with Crippen molar-refractivity contribution in [2.45, 2.75) is 70.1 Å². The van der Waals surface area contributed by atoms with Gasteiger partial charge in [0.1, 0.15) is 6.04 Å². The fourth-order valence-corrected chi connectivity index (χ4v) is 3.28. The van der Waals surface area contributed by atoms with Crippen LogP contribution in [-0.2, 0) is 9.53 Å². The molecule has 0 aromatic carbocycles. The Balaban J connectivity index is 1.93. The van der Waals surface area contributed by atoms with E-state index in [1.807, 2.05) is 13.8 Å². The molecule has 0 aromatic heterocycles. The summed E-state index contributed by atoms with van der Waals surface area (Å²) >= 11 is 0. The highest BCUT2D eigenvalue weighted by Crippen LogP contribution is 2.27. The van der Waals surface area contributed by atoms with Crippen molar-refractivity contribution < 1.29 is 19.4 Å². The lowest BCUT2D eigenvalue weighted by Crippen LogP contribution is -2.58. The molecular weight excluding hydrogens is 272 g/mol. The maximum atomic E-state index is 12.2. The first kappa shape index (κ1) is 16.1. The molecule has 2 amide bonds. The monoisotopic (exact) mass is 298 g/mol. The van der Waals surface area contributed by atoms with Gasteiger partial charge in [0.15, 0.2) is 0 Å². The van der Waals surface area contributed by atoms with Gasteiger partial charge < -0.3 is 20.5 Å². The van der Waals surface area contributed by atoms with Gasteiger partial charge in [-0.15, -0.1) is 0 Å². The number of carboxylic acid groups (broad SMARTS) is 1. The summed E-state index contributed by atoms with van der Waals surface area (Å²) in [5.74, 6) is -0.912. The molecule has 0 bridgehead atoms. The first-order chi connectivity index (χ1) is 9.92. The molecule has 3 atom stereocenters. The van der Waals surface area contributed by atoms with Crippen molar-refractivity contribution in [3.05, 3.63) is 0 Å². The lowest BCUT2D eigenvalue weighted by atomic mass is 9.84. The first-order valence-electron chi connectivity index (χ1n) is 7.85. The summed E-state index contributed by atoms with van der Waals surface area (Å²) in [6.07, 6.45) is 5.65. The Kier molecular flexibility index (Phi) is 5.08. The molecule has 0 radical (unpaired) electrons. The van der Waals surface area contributed by atoms with Crippen molar-refractivity contribution in [1.29, 1.82) is 0 Å². The second-order valence-corrected chi connectivity index (χ2v) is 6.49. The molecule has 3 unspecified atom stereocenters. The molecule has 21 heavy (non-hydrogen) atoms. The minimum absolute atomic E-state index is 0.0343. The van der Waals surface area contributed by atoms with E-state index in [4.69, 9.17) is 4.74 Å². The number of ether oxygens (including phenoxy) is 1. The maximum absolute atomic E-state index is 12.2. The highest BCUT2D eigenvalue weighted by atomic mass is 16.5. The van der Waals surface area contributed by atoms with Gasteiger partial charge in [0, 0.05) is 6.61 Å². The number of aliphatic carboxylic acids is 1. The average Bonchev–Trinajstić information content (AvgIpc) is 2.76. The van der Waals surface area contributed by atoms with Gasteiger partial charge in [-0.05, 0) is 39.0 Å². The molecular formula is C15H26N2O4. The van der Waals surface area contributed by atoms with E-state index in [1.165, 1.54) is 0 Å². The average molecular weight is 298 g/mol. The highest BCUT2D eigenvalue weighted by Gasteiger charge is 2.39. The van der Waals surface area contributed by atoms with E-state index >= 15 is 0 Å². The standard InChI is InChI=1S/C15H26N2O4/c1-10-15(2,8-9-21-10)17-14(20)16-12(13(18)19)11-6-4-3-5-7-11/h10-12H,3-9H2,1-2H3,(H,18,19)(H2,16,17,20). The van der Waals surface area contributed by atoms with E-state index in [0.29, 0.717) is 6.61 Å². The number of rotatable bonds is 4. The molecule has 6 nitrogen and oxygen atoms in total. The van der Waals surface area contributed by atoms with Crippen LogP contribution in [0.4, 0.5) is 4.79 Å². The molecule has 1 saturated heterocycles. The van der Waals surface area contributed by atoms with E-state index in [0.717, 1.165) is 38.5 Å². The van der Waals surface area contributed by atoms with Crippen LogP contribution in [0.5, 0.6) is 0 Å². The lowest BCUT2D eigenvalue weighted by Gasteiger charge is -2.32. The van der Waals surface area contributed by atoms with Crippen LogP contribution in [-0.4, -0.2) is 41.4 Å². The topological polar surface area (TPSA) is 87.7 Å². The van der Waals surface area contributed by atoms with Gasteiger partial charge in [0.25, 0.3) is 0 Å². The number of nitrogens with one attached hydrogen (secondary N) is 2. The molecule has 0 aromatic rings. The van der Waals surface area contributed by atoms with Crippen LogP contribution in [0.2, 0.25) is 0 Å². The van der Waals surface area contributed by atoms with Crippen molar-refractivity contribution >= 4 is 12.0 Å². The predicted octanol–water partition coefficient (Wildman–Crippen LogP) is 1.89. The smallest absolute Gasteiger partial charge is 0.326 e. The summed E-state index contributed by atoms with van der Waals surface area (Å²) in [6, 6.07) is -1.21. The van der Waals surface area contributed by atoms with Crippen molar-refractivity contribution in [2.24, 2.45) is 5.92 Å². The molecule has 2 aliphatic rings. The van der Waals surface area contributed by atoms with E-state index in [-0.39, 0.29) is 12.0 Å². The van der Waals surface area contributed by atoms with E-state index in [2.05, 4.69) is 10.6 Å². The third kappa shape index (κ3) is 3.87. The number of hydrogen-bond acceptors (Lipinski definition) is 3. The van der Waals surface area contributed by atoms with Crippen LogP contribution in [0, 0.1) is 5.92 Å². The summed E-state index contributed by atoms with van der Waals surface area (Å²) < 4.78 is 5.48. The van der Waals surface area contributed by atoms with Crippen LogP contribution in [0.1, 0.15) is 52.4 Å². The molecule has 1 saturated carbocycles. The Hall–Kier alpha value is -1.30. The van der Waals surface area contributed by atoms with Crippen LogP contribution < -0.4 is 10.6 Å². The number of amides is 2. The fourth-order valence-electron chi connectivity index (χ4n) is 3.28. The third-order valence-electron chi connectivity index (χ3n) is 4.96. The van der Waals surface area contributed by atoms with E-state index in [1.54, 1.807) is 0 Å². The van der Waals surface area contributed by atoms with Crippen molar-refractivity contribution in [3.8, 4) is 0 Å². The molecule has 0 spiro atoms. The van der Waals surface area contributed by atoms with Crippen LogP contribution in [0.15, 0.2) is 0 Å². The molecule has 6 heteroatoms. The largest absolute Gasteiger partial charge is 0.480 e. The van der Waals surface area contributed by atoms with E-state index < -0.39 is 23.6 Å². The SMILES string of the molecule is CC1OCCC1(C)NC(=O)NC(C(=O)O)C1CCCCC1. The molecule has 1 aliphatic heterocycles. The summed E-state index contributed by atoms with van der Waals surface area (Å²) in [7, 11) is 0. The third-order valence-corrected chi connectivity index (χ3v) is 4.96. The van der Waals surface area contributed by atoms with Gasteiger partial charge in [-0.25, -0.2) is 9.59 Å². The predicted molar refractivity (Wildman–Crippen MR) is 78.1 cm³/mol. The van der Waals surface area contributed by atoms with Gasteiger partial charge in [0.05, 0.1) is 11.6 Å². The van der Waals surface area contributed by atoms with Gasteiger partial charge in [-0.1, -0.05) is 19.3 Å². The minimum atomic E-state index is -0.946. The van der Waals surface area contributed by atoms with Gasteiger partial charge in [-0.2, -0.15) is 0 Å². The molecule has 1 heterocycles. The van der Waals surface area contributed by atoms with Crippen LogP contribution in [0.3, 0.4) is 0 Å². The molecule has 3 N–H and O–H groups in total. The zero-order valence-electron chi connectivity index (χ0n) is 12.9. The number of carbonyl (C=O) groups is 2. The summed E-state index contributed by atoms with van der Waals surface area (Å²) in [5.41, 5.74) is -0.431. The molecule has 1 aliphatic carbocycles. The summed E-state index contributed by atoms with van der Waals surface area (Å²) in [5, 5.41) is 14.9. The maximum Gasteiger partial charge on any atom is 0.326 e. The second kappa shape index (κ2) is 6.64. The summed E-state index contributed by atoms with van der Waals surface area (Å²) in [6.45, 7) is 4.46. The fraction of sp³-hybridized carbons (Fsp3) is 0.867. The second-order valence-electron chi connectivity index (χ2n) is 6.49. The van der Waals surface area contributed by atoms with Crippen LogP contribution in [0.25, 0.3) is 0 Å². The number of carbonyl (C=O) groups excluding carboxylic acids is 1. The normalized spacial score (nSPS) is 31.6. The Morgan fingerprint density at radius 2 is 1.95 bits per heavy atom. The van der Waals surface area contributed by atoms with Gasteiger partial charge >= 0.3 is 12.0 Å². The zero-order chi connectivity index (χ0) is 15.5. The quantitative estimate of drug-likeness (QED) is 0.739. The van der Waals surface area contributed by atoms with Crippen molar-refractivity contribution in [1.82, 2.24) is 10.6 Å². The Bertz CT molecular complexity index is 395. The first-order valence-corrected chi connectivity index (χ1v) is 7.85. The number of hydrogen-bond donors (Lipinski definition) is 3. The number of urea groups is 1. The van der Waals surface area contributed by atoms with Gasteiger partial charge in [0.2, 0.25) is 0 Å².